The van der Waals surface area contributed by atoms with E-state index in [9.17, 15) is 18.0 Å². The Hall–Kier alpha value is -2.80. The molecule has 0 atom stereocenters. The summed E-state index contributed by atoms with van der Waals surface area (Å²) in [5.41, 5.74) is 4.24. The molecule has 6 nitrogen and oxygen atoms in total. The number of rotatable bonds is 4. The molecule has 2 rings (SSSR count). The van der Waals surface area contributed by atoms with Gasteiger partial charge in [0.1, 0.15) is 17.5 Å². The van der Waals surface area contributed by atoms with Crippen molar-refractivity contribution in [1.82, 2.24) is 9.97 Å². The van der Waals surface area contributed by atoms with Gasteiger partial charge < -0.3 is 10.5 Å². The molecule has 0 unspecified atom stereocenters. The average molecular weight is 368 g/mol. The van der Waals surface area contributed by atoms with E-state index in [1.165, 1.54) is 13.2 Å². The molecule has 0 saturated heterocycles. The second-order valence-corrected chi connectivity index (χ2v) is 5.65. The molecule has 2 aromatic rings. The Morgan fingerprint density at radius 2 is 2.12 bits per heavy atom. The monoisotopic (exact) mass is 368 g/mol. The predicted octanol–water partition coefficient (Wildman–Crippen LogP) is 3.03. The second-order valence-electron chi connectivity index (χ2n) is 4.71. The van der Waals surface area contributed by atoms with Crippen LogP contribution in [0.1, 0.15) is 27.2 Å². The summed E-state index contributed by atoms with van der Waals surface area (Å²) in [4.78, 5) is 18.6. The van der Waals surface area contributed by atoms with Crippen molar-refractivity contribution in [3.05, 3.63) is 46.6 Å². The van der Waals surface area contributed by atoms with Crippen LogP contribution in [-0.4, -0.2) is 23.0 Å². The zero-order chi connectivity index (χ0) is 18.6. The quantitative estimate of drug-likeness (QED) is 0.503. The first-order valence-electron chi connectivity index (χ1n) is 6.71. The van der Waals surface area contributed by atoms with E-state index >= 15 is 0 Å². The van der Waals surface area contributed by atoms with Crippen LogP contribution in [0.4, 0.5) is 19.0 Å². The summed E-state index contributed by atoms with van der Waals surface area (Å²) < 4.78 is 43.6. The van der Waals surface area contributed by atoms with Crippen LogP contribution in [0.15, 0.2) is 29.4 Å². The second kappa shape index (κ2) is 7.40. The first kappa shape index (κ1) is 18.5. The molecular formula is C15H11F3N4O2S. The molecule has 2 N–H and O–H groups in total. The number of esters is 1. The number of halogens is 3. The SMILES string of the molecule is COC(=O)c1cccc(CSc2nc(N)c(C#N)c(C(F)(F)F)n2)c1. The third kappa shape index (κ3) is 4.39. The van der Waals surface area contributed by atoms with Crippen molar-refractivity contribution in [3.63, 3.8) is 0 Å². The van der Waals surface area contributed by atoms with Crippen molar-refractivity contribution in [1.29, 1.82) is 5.26 Å². The molecule has 1 heterocycles. The summed E-state index contributed by atoms with van der Waals surface area (Å²) in [6, 6.07) is 7.79. The molecule has 10 heteroatoms. The number of nitriles is 1. The molecule has 0 amide bonds. The summed E-state index contributed by atoms with van der Waals surface area (Å²) in [6.45, 7) is 0. The van der Waals surface area contributed by atoms with E-state index in [4.69, 9.17) is 11.0 Å². The lowest BCUT2D eigenvalue weighted by Gasteiger charge is -2.11. The molecule has 0 radical (unpaired) electrons. The van der Waals surface area contributed by atoms with Crippen molar-refractivity contribution in [2.45, 2.75) is 17.1 Å². The highest BCUT2D eigenvalue weighted by molar-refractivity contribution is 7.98. The zero-order valence-electron chi connectivity index (χ0n) is 12.8. The number of benzene rings is 1. The average Bonchev–Trinajstić information content (AvgIpc) is 2.58. The van der Waals surface area contributed by atoms with Gasteiger partial charge in [0.05, 0.1) is 12.7 Å². The Kier molecular flexibility index (Phi) is 5.48. The van der Waals surface area contributed by atoms with Crippen molar-refractivity contribution >= 4 is 23.5 Å². The largest absolute Gasteiger partial charge is 0.465 e. The number of nitrogens with two attached hydrogens (primary N) is 1. The zero-order valence-corrected chi connectivity index (χ0v) is 13.6. The number of hydrogen-bond donors (Lipinski definition) is 1. The maximum Gasteiger partial charge on any atom is 0.434 e. The molecule has 0 spiro atoms. The van der Waals surface area contributed by atoms with Gasteiger partial charge in [-0.3, -0.25) is 0 Å². The van der Waals surface area contributed by atoms with E-state index in [1.54, 1.807) is 24.3 Å². The van der Waals surface area contributed by atoms with Gasteiger partial charge in [0.15, 0.2) is 10.9 Å². The highest BCUT2D eigenvalue weighted by Crippen LogP contribution is 2.33. The molecule has 0 fully saturated rings. The Morgan fingerprint density at radius 3 is 2.72 bits per heavy atom. The van der Waals surface area contributed by atoms with Crippen molar-refractivity contribution < 1.29 is 22.7 Å². The van der Waals surface area contributed by atoms with Crippen LogP contribution in [0.3, 0.4) is 0 Å². The van der Waals surface area contributed by atoms with Crippen LogP contribution in [-0.2, 0) is 16.7 Å². The maximum absolute atomic E-state index is 13.0. The van der Waals surface area contributed by atoms with Crippen molar-refractivity contribution in [2.24, 2.45) is 0 Å². The molecule has 1 aromatic heterocycles. The number of hydrogen-bond acceptors (Lipinski definition) is 7. The van der Waals surface area contributed by atoms with E-state index in [1.807, 2.05) is 0 Å². The number of carbonyl (C=O) groups excluding carboxylic acids is 1. The number of nitrogen functional groups attached to an aromatic ring is 1. The molecule has 25 heavy (non-hydrogen) atoms. The molecule has 0 aliphatic heterocycles. The number of thioether (sulfide) groups is 1. The van der Waals surface area contributed by atoms with Crippen LogP contribution >= 0.6 is 11.8 Å². The molecular weight excluding hydrogens is 357 g/mol. The van der Waals surface area contributed by atoms with Gasteiger partial charge in [-0.15, -0.1) is 0 Å². The standard InChI is InChI=1S/C15H11F3N4O2S/c1-24-13(23)9-4-2-3-8(5-9)7-25-14-21-11(15(16,17)18)10(6-19)12(20)22-14/h2-5H,7H2,1H3,(H2,20,21,22). The Morgan fingerprint density at radius 1 is 1.40 bits per heavy atom. The third-order valence-electron chi connectivity index (χ3n) is 3.01. The van der Waals surface area contributed by atoms with E-state index < -0.39 is 29.2 Å². The number of methoxy groups -OCH3 is 1. The number of anilines is 1. The molecule has 0 saturated carbocycles. The van der Waals surface area contributed by atoms with Gasteiger partial charge in [-0.1, -0.05) is 23.9 Å². The van der Waals surface area contributed by atoms with Crippen LogP contribution in [0.5, 0.6) is 0 Å². The summed E-state index contributed by atoms with van der Waals surface area (Å²) in [5.74, 6) is -0.853. The third-order valence-corrected chi connectivity index (χ3v) is 3.93. The highest BCUT2D eigenvalue weighted by Gasteiger charge is 2.37. The molecule has 0 aliphatic carbocycles. The van der Waals surface area contributed by atoms with Crippen LogP contribution < -0.4 is 5.73 Å². The van der Waals surface area contributed by atoms with Gasteiger partial charge in [-0.25, -0.2) is 14.8 Å². The topological polar surface area (TPSA) is 102 Å². The molecule has 1 aromatic carbocycles. The fourth-order valence-corrected chi connectivity index (χ4v) is 2.68. The smallest absolute Gasteiger partial charge is 0.434 e. The first-order chi connectivity index (χ1) is 11.8. The number of alkyl halides is 3. The number of carbonyl (C=O) groups is 1. The minimum Gasteiger partial charge on any atom is -0.465 e. The lowest BCUT2D eigenvalue weighted by atomic mass is 10.1. The fraction of sp³-hybridized carbons (Fsp3) is 0.200. The normalized spacial score (nSPS) is 11.0. The summed E-state index contributed by atoms with van der Waals surface area (Å²) >= 11 is 0.901. The molecule has 0 bridgehead atoms. The predicted molar refractivity (Wildman–Crippen MR) is 83.5 cm³/mol. The maximum atomic E-state index is 13.0. The van der Waals surface area contributed by atoms with E-state index in [2.05, 4.69) is 14.7 Å². The van der Waals surface area contributed by atoms with Gasteiger partial charge in [0, 0.05) is 5.75 Å². The van der Waals surface area contributed by atoms with Gasteiger partial charge in [0.2, 0.25) is 0 Å². The number of nitrogens with zero attached hydrogens (tertiary/aromatic N) is 3. The van der Waals surface area contributed by atoms with E-state index in [-0.39, 0.29) is 10.9 Å². The lowest BCUT2D eigenvalue weighted by Crippen LogP contribution is -2.14. The van der Waals surface area contributed by atoms with E-state index in [0.717, 1.165) is 11.8 Å². The summed E-state index contributed by atoms with van der Waals surface area (Å²) in [7, 11) is 1.25. The van der Waals surface area contributed by atoms with Crippen molar-refractivity contribution in [3.8, 4) is 6.07 Å². The van der Waals surface area contributed by atoms with Gasteiger partial charge in [-0.05, 0) is 17.7 Å². The van der Waals surface area contributed by atoms with E-state index in [0.29, 0.717) is 11.1 Å². The summed E-state index contributed by atoms with van der Waals surface area (Å²) in [5, 5.41) is 8.59. The molecule has 130 valence electrons. The van der Waals surface area contributed by atoms with Crippen LogP contribution in [0, 0.1) is 11.3 Å². The fourth-order valence-electron chi connectivity index (χ4n) is 1.89. The minimum atomic E-state index is -4.82. The lowest BCUT2D eigenvalue weighted by molar-refractivity contribution is -0.141. The number of ether oxygens (including phenoxy) is 1. The summed E-state index contributed by atoms with van der Waals surface area (Å²) in [6.07, 6.45) is -4.82. The van der Waals surface area contributed by atoms with Gasteiger partial charge in [0.25, 0.3) is 0 Å². The van der Waals surface area contributed by atoms with Gasteiger partial charge in [-0.2, -0.15) is 18.4 Å². The van der Waals surface area contributed by atoms with Crippen molar-refractivity contribution in [2.75, 3.05) is 12.8 Å². The Balaban J connectivity index is 2.26. The van der Waals surface area contributed by atoms with Crippen LogP contribution in [0.2, 0.25) is 0 Å². The Bertz CT molecular complexity index is 850. The van der Waals surface area contributed by atoms with Crippen LogP contribution in [0.25, 0.3) is 0 Å². The number of aromatic nitrogens is 2. The Labute approximate surface area is 144 Å². The van der Waals surface area contributed by atoms with Gasteiger partial charge >= 0.3 is 12.1 Å². The minimum absolute atomic E-state index is 0.202. The first-order valence-corrected chi connectivity index (χ1v) is 7.69. The highest BCUT2D eigenvalue weighted by atomic mass is 32.2. The molecule has 0 aliphatic rings.